The fourth-order valence-electron chi connectivity index (χ4n) is 3.05. The summed E-state index contributed by atoms with van der Waals surface area (Å²) < 4.78 is 5.35. The van der Waals surface area contributed by atoms with E-state index in [9.17, 15) is 10.1 Å². The number of piperazine rings is 1. The Balaban J connectivity index is 1.38. The lowest BCUT2D eigenvalue weighted by Gasteiger charge is -2.35. The fourth-order valence-corrected chi connectivity index (χ4v) is 3.70. The molecule has 0 bridgehead atoms. The molecule has 8 nitrogen and oxygen atoms in total. The predicted molar refractivity (Wildman–Crippen MR) is 98.2 cm³/mol. The summed E-state index contributed by atoms with van der Waals surface area (Å²) in [6.45, 7) is 3.59. The number of para-hydroxylation sites is 2. The van der Waals surface area contributed by atoms with Crippen LogP contribution in [0, 0.1) is 10.1 Å². The largest absolute Gasteiger partial charge is 0.363 e. The maximum absolute atomic E-state index is 11.2. The van der Waals surface area contributed by atoms with Gasteiger partial charge in [0.2, 0.25) is 11.7 Å². The highest BCUT2D eigenvalue weighted by Gasteiger charge is 2.24. The highest BCUT2D eigenvalue weighted by molar-refractivity contribution is 7.13. The smallest absolute Gasteiger partial charge is 0.292 e. The molecule has 1 aliphatic heterocycles. The minimum atomic E-state index is -0.327. The van der Waals surface area contributed by atoms with Gasteiger partial charge in [0.1, 0.15) is 5.69 Å². The van der Waals surface area contributed by atoms with Crippen LogP contribution >= 0.6 is 11.3 Å². The van der Waals surface area contributed by atoms with E-state index in [1.165, 1.54) is 0 Å². The summed E-state index contributed by atoms with van der Waals surface area (Å²) in [4.78, 5) is 20.6. The number of aromatic nitrogens is 2. The third kappa shape index (κ3) is 3.44. The standard InChI is InChI=1S/C17H17N5O3S/c23-22(24)14-5-2-1-4-13(14)21-9-7-20(8-10-21)12-16-18-17(19-25-16)15-6-3-11-26-15/h1-6,11H,7-10,12H2. The van der Waals surface area contributed by atoms with E-state index >= 15 is 0 Å². The first kappa shape index (κ1) is 16.7. The maximum Gasteiger partial charge on any atom is 0.292 e. The number of nitro groups is 1. The van der Waals surface area contributed by atoms with Crippen LogP contribution in [0.5, 0.6) is 0 Å². The number of nitro benzene ring substituents is 1. The molecule has 4 rings (SSSR count). The number of rotatable bonds is 5. The Morgan fingerprint density at radius 3 is 2.69 bits per heavy atom. The molecule has 1 fully saturated rings. The van der Waals surface area contributed by atoms with Gasteiger partial charge in [0.05, 0.1) is 16.3 Å². The van der Waals surface area contributed by atoms with Crippen molar-refractivity contribution >= 4 is 22.7 Å². The van der Waals surface area contributed by atoms with E-state index in [1.54, 1.807) is 29.5 Å². The van der Waals surface area contributed by atoms with E-state index in [0.29, 0.717) is 23.9 Å². The molecule has 0 saturated carbocycles. The van der Waals surface area contributed by atoms with E-state index in [2.05, 4.69) is 19.9 Å². The number of nitrogens with zero attached hydrogens (tertiary/aromatic N) is 5. The highest BCUT2D eigenvalue weighted by atomic mass is 32.1. The third-order valence-corrected chi connectivity index (χ3v) is 5.23. The van der Waals surface area contributed by atoms with Crippen LogP contribution < -0.4 is 4.90 Å². The number of hydrogen-bond donors (Lipinski definition) is 0. The van der Waals surface area contributed by atoms with Gasteiger partial charge in [-0.25, -0.2) is 0 Å². The van der Waals surface area contributed by atoms with Crippen molar-refractivity contribution < 1.29 is 9.45 Å². The zero-order chi connectivity index (χ0) is 17.9. The van der Waals surface area contributed by atoms with E-state index < -0.39 is 0 Å². The van der Waals surface area contributed by atoms with Gasteiger partial charge in [-0.1, -0.05) is 23.4 Å². The number of anilines is 1. The minimum Gasteiger partial charge on any atom is -0.363 e. The van der Waals surface area contributed by atoms with Gasteiger partial charge in [-0.15, -0.1) is 11.3 Å². The molecule has 0 radical (unpaired) electrons. The maximum atomic E-state index is 11.2. The summed E-state index contributed by atoms with van der Waals surface area (Å²) in [6, 6.07) is 10.8. The molecular formula is C17H17N5O3S. The molecule has 3 aromatic rings. The van der Waals surface area contributed by atoms with Crippen molar-refractivity contribution in [3.05, 3.63) is 57.8 Å². The molecule has 9 heteroatoms. The van der Waals surface area contributed by atoms with E-state index in [1.807, 2.05) is 23.6 Å². The number of benzene rings is 1. The van der Waals surface area contributed by atoms with Crippen molar-refractivity contribution in [3.63, 3.8) is 0 Å². The summed E-state index contributed by atoms with van der Waals surface area (Å²) >= 11 is 1.58. The van der Waals surface area contributed by atoms with E-state index in [4.69, 9.17) is 4.52 Å². The Morgan fingerprint density at radius 1 is 1.15 bits per heavy atom. The highest BCUT2D eigenvalue weighted by Crippen LogP contribution is 2.28. The first-order valence-corrected chi connectivity index (χ1v) is 9.16. The van der Waals surface area contributed by atoms with Crippen molar-refractivity contribution in [2.75, 3.05) is 31.1 Å². The van der Waals surface area contributed by atoms with Crippen LogP contribution in [-0.4, -0.2) is 46.1 Å². The Labute approximate surface area is 153 Å². The Morgan fingerprint density at radius 2 is 1.96 bits per heavy atom. The molecule has 134 valence electrons. The molecule has 1 aromatic carbocycles. The van der Waals surface area contributed by atoms with Gasteiger partial charge in [-0.2, -0.15) is 4.98 Å². The van der Waals surface area contributed by atoms with Crippen LogP contribution in [0.4, 0.5) is 11.4 Å². The normalized spacial score (nSPS) is 15.3. The first-order chi connectivity index (χ1) is 12.7. The predicted octanol–water partition coefficient (Wildman–Crippen LogP) is 3.03. The zero-order valence-electron chi connectivity index (χ0n) is 13.9. The lowest BCUT2D eigenvalue weighted by atomic mass is 10.2. The molecule has 1 saturated heterocycles. The molecular weight excluding hydrogens is 354 g/mol. The van der Waals surface area contributed by atoms with Gasteiger partial charge in [-0.3, -0.25) is 15.0 Å². The second-order valence-electron chi connectivity index (χ2n) is 6.00. The quantitative estimate of drug-likeness (QED) is 0.503. The molecule has 0 aliphatic carbocycles. The average Bonchev–Trinajstić information content (AvgIpc) is 3.34. The lowest BCUT2D eigenvalue weighted by molar-refractivity contribution is -0.384. The summed E-state index contributed by atoms with van der Waals surface area (Å²) in [7, 11) is 0. The first-order valence-electron chi connectivity index (χ1n) is 8.28. The molecule has 3 heterocycles. The monoisotopic (exact) mass is 371 g/mol. The van der Waals surface area contributed by atoms with Gasteiger partial charge in [-0.05, 0) is 17.5 Å². The summed E-state index contributed by atoms with van der Waals surface area (Å²) in [5, 5.41) is 17.2. The Hall–Kier alpha value is -2.78. The van der Waals surface area contributed by atoms with E-state index in [0.717, 1.165) is 31.1 Å². The molecule has 0 atom stereocenters. The Bertz CT molecular complexity index is 887. The molecule has 0 amide bonds. The van der Waals surface area contributed by atoms with Crippen molar-refractivity contribution in [2.45, 2.75) is 6.54 Å². The van der Waals surface area contributed by atoms with Crippen molar-refractivity contribution in [3.8, 4) is 10.7 Å². The lowest BCUT2D eigenvalue weighted by Crippen LogP contribution is -2.46. The van der Waals surface area contributed by atoms with Gasteiger partial charge >= 0.3 is 0 Å². The summed E-state index contributed by atoms with van der Waals surface area (Å²) in [5.74, 6) is 1.21. The van der Waals surface area contributed by atoms with Crippen molar-refractivity contribution in [2.24, 2.45) is 0 Å². The van der Waals surface area contributed by atoms with Crippen LogP contribution in [0.3, 0.4) is 0 Å². The number of hydrogen-bond acceptors (Lipinski definition) is 8. The Kier molecular flexibility index (Phi) is 4.63. The van der Waals surface area contributed by atoms with Gasteiger partial charge < -0.3 is 9.42 Å². The topological polar surface area (TPSA) is 88.5 Å². The SMILES string of the molecule is O=[N+]([O-])c1ccccc1N1CCN(Cc2nc(-c3cccs3)no2)CC1. The molecule has 0 N–H and O–H groups in total. The second-order valence-corrected chi connectivity index (χ2v) is 6.95. The number of thiophene rings is 1. The van der Waals surface area contributed by atoms with Gasteiger partial charge in [0, 0.05) is 32.2 Å². The molecule has 0 spiro atoms. The van der Waals surface area contributed by atoms with Crippen LogP contribution in [0.15, 0.2) is 46.3 Å². The van der Waals surface area contributed by atoms with E-state index in [-0.39, 0.29) is 10.6 Å². The van der Waals surface area contributed by atoms with Gasteiger partial charge in [0.15, 0.2) is 0 Å². The van der Waals surface area contributed by atoms with Crippen LogP contribution in [0.2, 0.25) is 0 Å². The average molecular weight is 371 g/mol. The summed E-state index contributed by atoms with van der Waals surface area (Å²) in [5.41, 5.74) is 0.827. The van der Waals surface area contributed by atoms with Gasteiger partial charge in [0.25, 0.3) is 5.69 Å². The third-order valence-electron chi connectivity index (χ3n) is 4.36. The molecule has 1 aliphatic rings. The molecule has 0 unspecified atom stereocenters. The molecule has 26 heavy (non-hydrogen) atoms. The minimum absolute atomic E-state index is 0.151. The van der Waals surface area contributed by atoms with Crippen LogP contribution in [0.1, 0.15) is 5.89 Å². The van der Waals surface area contributed by atoms with Crippen LogP contribution in [0.25, 0.3) is 10.7 Å². The van der Waals surface area contributed by atoms with Crippen molar-refractivity contribution in [1.82, 2.24) is 15.0 Å². The summed E-state index contributed by atoms with van der Waals surface area (Å²) in [6.07, 6.45) is 0. The van der Waals surface area contributed by atoms with Crippen LogP contribution in [-0.2, 0) is 6.54 Å². The van der Waals surface area contributed by atoms with Crippen molar-refractivity contribution in [1.29, 1.82) is 0 Å². The molecule has 2 aromatic heterocycles. The zero-order valence-corrected chi connectivity index (χ0v) is 14.8. The fraction of sp³-hybridized carbons (Fsp3) is 0.294. The second kappa shape index (κ2) is 7.22.